The van der Waals surface area contributed by atoms with Crippen LogP contribution in [-0.4, -0.2) is 15.2 Å². The molecule has 2 N–H and O–H groups in total. The number of hydrogen-bond donors (Lipinski definition) is 2. The van der Waals surface area contributed by atoms with Gasteiger partial charge < -0.3 is 5.32 Å². The largest absolute Gasteiger partial charge is 0.332 e. The van der Waals surface area contributed by atoms with Gasteiger partial charge in [-0.2, -0.15) is 0 Å². The van der Waals surface area contributed by atoms with Crippen LogP contribution in [0.4, 0.5) is 10.6 Å². The van der Waals surface area contributed by atoms with Crippen LogP contribution in [0.15, 0.2) is 39.9 Å². The first-order chi connectivity index (χ1) is 10.0. The third kappa shape index (κ3) is 1.94. The molecule has 7 nitrogen and oxygen atoms in total. The highest BCUT2D eigenvalue weighted by molar-refractivity contribution is 5.92. The first-order valence-electron chi connectivity index (χ1n) is 6.43. The number of amides is 2. The fraction of sp³-hybridized carbons (Fsp3) is 0.214. The summed E-state index contributed by atoms with van der Waals surface area (Å²) in [5.41, 5.74) is 0.233. The molecule has 1 aliphatic heterocycles. The van der Waals surface area contributed by atoms with Crippen LogP contribution in [0.5, 0.6) is 0 Å². The second-order valence-corrected chi connectivity index (χ2v) is 4.91. The third-order valence-electron chi connectivity index (χ3n) is 3.63. The van der Waals surface area contributed by atoms with Crippen LogP contribution >= 0.6 is 0 Å². The summed E-state index contributed by atoms with van der Waals surface area (Å²) in [6.07, 6.45) is 0. The summed E-state index contributed by atoms with van der Waals surface area (Å²) in [5.74, 6) is 0.237. The predicted molar refractivity (Wildman–Crippen MR) is 77.4 cm³/mol. The lowest BCUT2D eigenvalue weighted by molar-refractivity contribution is 0.248. The summed E-state index contributed by atoms with van der Waals surface area (Å²) in [5, 5.41) is 5.26. The Hall–Kier alpha value is -2.83. The molecule has 2 amide bonds. The van der Waals surface area contributed by atoms with Gasteiger partial charge in [0, 0.05) is 14.1 Å². The number of urea groups is 1. The van der Waals surface area contributed by atoms with E-state index in [0.29, 0.717) is 5.56 Å². The Labute approximate surface area is 119 Å². The lowest BCUT2D eigenvalue weighted by Crippen LogP contribution is -2.49. The number of carbonyl (C=O) groups is 1. The minimum absolute atomic E-state index is 0.237. The number of fused-ring (bicyclic) bond motifs is 1. The van der Waals surface area contributed by atoms with E-state index in [0.717, 1.165) is 10.1 Å². The van der Waals surface area contributed by atoms with Crippen molar-refractivity contribution in [3.8, 4) is 0 Å². The van der Waals surface area contributed by atoms with Gasteiger partial charge in [-0.25, -0.2) is 9.59 Å². The zero-order valence-corrected chi connectivity index (χ0v) is 11.6. The monoisotopic (exact) mass is 286 g/mol. The molecule has 0 aliphatic carbocycles. The number of anilines is 1. The van der Waals surface area contributed by atoms with E-state index in [1.165, 1.54) is 18.7 Å². The molecule has 1 aliphatic rings. The lowest BCUT2D eigenvalue weighted by atomic mass is 9.98. The summed E-state index contributed by atoms with van der Waals surface area (Å²) >= 11 is 0. The number of rotatable bonds is 1. The molecule has 21 heavy (non-hydrogen) atoms. The summed E-state index contributed by atoms with van der Waals surface area (Å²) < 4.78 is 2.30. The Morgan fingerprint density at radius 3 is 2.33 bits per heavy atom. The number of hydrogen-bond acceptors (Lipinski definition) is 3. The SMILES string of the molecule is Cn1c2c(c(=O)n(C)c1=O)[C@@H](c1ccccc1)NC(=O)N2. The van der Waals surface area contributed by atoms with Crippen LogP contribution < -0.4 is 21.9 Å². The predicted octanol–water partition coefficient (Wildman–Crippen LogP) is 0.308. The van der Waals surface area contributed by atoms with E-state index in [1.807, 2.05) is 30.3 Å². The van der Waals surface area contributed by atoms with Crippen molar-refractivity contribution in [1.82, 2.24) is 14.5 Å². The maximum Gasteiger partial charge on any atom is 0.332 e. The van der Waals surface area contributed by atoms with E-state index in [2.05, 4.69) is 10.6 Å². The van der Waals surface area contributed by atoms with Gasteiger partial charge in [-0.3, -0.25) is 19.2 Å². The van der Waals surface area contributed by atoms with Crippen LogP contribution in [0.3, 0.4) is 0 Å². The number of aromatic nitrogens is 2. The average Bonchev–Trinajstić information content (AvgIpc) is 2.51. The second-order valence-electron chi connectivity index (χ2n) is 4.91. The number of carbonyl (C=O) groups excluding carboxylic acids is 1. The van der Waals surface area contributed by atoms with E-state index in [9.17, 15) is 14.4 Å². The van der Waals surface area contributed by atoms with Crippen molar-refractivity contribution in [2.45, 2.75) is 6.04 Å². The molecule has 0 bridgehead atoms. The maximum absolute atomic E-state index is 12.4. The van der Waals surface area contributed by atoms with Crippen LogP contribution in [0.1, 0.15) is 17.2 Å². The van der Waals surface area contributed by atoms with Crippen LogP contribution in [0.2, 0.25) is 0 Å². The van der Waals surface area contributed by atoms with Crippen molar-refractivity contribution < 1.29 is 4.79 Å². The van der Waals surface area contributed by atoms with Crippen molar-refractivity contribution in [1.29, 1.82) is 0 Å². The minimum atomic E-state index is -0.583. The van der Waals surface area contributed by atoms with E-state index in [4.69, 9.17) is 0 Å². The van der Waals surface area contributed by atoms with Gasteiger partial charge in [0.25, 0.3) is 5.56 Å². The van der Waals surface area contributed by atoms with Crippen LogP contribution in [-0.2, 0) is 14.1 Å². The second kappa shape index (κ2) is 4.62. The highest BCUT2D eigenvalue weighted by atomic mass is 16.2. The fourth-order valence-corrected chi connectivity index (χ4v) is 2.52. The third-order valence-corrected chi connectivity index (χ3v) is 3.63. The molecular weight excluding hydrogens is 272 g/mol. The van der Waals surface area contributed by atoms with Gasteiger partial charge in [0.05, 0.1) is 11.6 Å². The molecule has 3 rings (SSSR count). The Balaban J connectivity index is 2.33. The molecule has 0 unspecified atom stereocenters. The molecule has 0 spiro atoms. The van der Waals surface area contributed by atoms with Crippen molar-refractivity contribution >= 4 is 11.8 Å². The highest BCUT2D eigenvalue weighted by Gasteiger charge is 2.31. The van der Waals surface area contributed by atoms with Gasteiger partial charge in [-0.15, -0.1) is 0 Å². The van der Waals surface area contributed by atoms with Crippen molar-refractivity contribution in [3.05, 3.63) is 62.3 Å². The summed E-state index contributed by atoms with van der Waals surface area (Å²) in [6.45, 7) is 0. The Morgan fingerprint density at radius 1 is 1.00 bits per heavy atom. The Bertz CT molecular complexity index is 836. The molecule has 0 radical (unpaired) electrons. The van der Waals surface area contributed by atoms with E-state index >= 15 is 0 Å². The van der Waals surface area contributed by atoms with Crippen LogP contribution in [0, 0.1) is 0 Å². The minimum Gasteiger partial charge on any atom is -0.327 e. The Kier molecular flexibility index (Phi) is 2.90. The molecule has 0 saturated heterocycles. The van der Waals surface area contributed by atoms with Crippen molar-refractivity contribution in [2.75, 3.05) is 5.32 Å². The van der Waals surface area contributed by atoms with Gasteiger partial charge in [0.1, 0.15) is 5.82 Å². The topological polar surface area (TPSA) is 85.1 Å². The average molecular weight is 286 g/mol. The smallest absolute Gasteiger partial charge is 0.327 e. The molecule has 2 aromatic rings. The van der Waals surface area contributed by atoms with E-state index in [-0.39, 0.29) is 5.82 Å². The highest BCUT2D eigenvalue weighted by Crippen LogP contribution is 2.27. The first kappa shape index (κ1) is 13.2. The van der Waals surface area contributed by atoms with Crippen molar-refractivity contribution in [2.24, 2.45) is 14.1 Å². The molecule has 1 atom stereocenters. The zero-order valence-electron chi connectivity index (χ0n) is 11.6. The molecule has 0 fully saturated rings. The van der Waals surface area contributed by atoms with Crippen molar-refractivity contribution in [3.63, 3.8) is 0 Å². The summed E-state index contributed by atoms with van der Waals surface area (Å²) in [6, 6.07) is 8.13. The molecule has 0 saturated carbocycles. The van der Waals surface area contributed by atoms with Gasteiger partial charge in [0.2, 0.25) is 0 Å². The fourth-order valence-electron chi connectivity index (χ4n) is 2.52. The van der Waals surface area contributed by atoms with E-state index in [1.54, 1.807) is 0 Å². The standard InChI is InChI=1S/C14H14N4O3/c1-17-11-9(12(19)18(2)14(17)21)10(15-13(20)16-11)8-6-4-3-5-7-8/h3-7,10H,1-2H3,(H2,15,16,20)/t10-/m1/s1. The molecule has 1 aromatic heterocycles. The number of nitrogens with zero attached hydrogens (tertiary/aromatic N) is 2. The molecule has 2 heterocycles. The molecule has 7 heteroatoms. The maximum atomic E-state index is 12.4. The molecule has 1 aromatic carbocycles. The lowest BCUT2D eigenvalue weighted by Gasteiger charge is -2.28. The van der Waals surface area contributed by atoms with Gasteiger partial charge in [0.15, 0.2) is 0 Å². The summed E-state index contributed by atoms with van der Waals surface area (Å²) in [4.78, 5) is 36.2. The van der Waals surface area contributed by atoms with Gasteiger partial charge in [-0.05, 0) is 5.56 Å². The summed E-state index contributed by atoms with van der Waals surface area (Å²) in [7, 11) is 2.94. The van der Waals surface area contributed by atoms with Gasteiger partial charge in [-0.1, -0.05) is 30.3 Å². The normalized spacial score (nSPS) is 16.9. The molecular formula is C14H14N4O3. The molecule has 108 valence electrons. The van der Waals surface area contributed by atoms with E-state index < -0.39 is 23.3 Å². The first-order valence-corrected chi connectivity index (χ1v) is 6.43. The zero-order chi connectivity index (χ0) is 15.1. The number of nitrogens with one attached hydrogen (secondary N) is 2. The number of benzene rings is 1. The quantitative estimate of drug-likeness (QED) is 0.791. The van der Waals surface area contributed by atoms with Crippen LogP contribution in [0.25, 0.3) is 0 Å². The van der Waals surface area contributed by atoms with Gasteiger partial charge >= 0.3 is 11.7 Å². The Morgan fingerprint density at radius 2 is 1.67 bits per heavy atom.